The molecule has 212 valence electrons. The highest BCUT2D eigenvalue weighted by atomic mass is 19.4. The maximum Gasteiger partial charge on any atom is 0.416 e. The molecule has 1 saturated heterocycles. The van der Waals surface area contributed by atoms with Gasteiger partial charge in [-0.3, -0.25) is 9.69 Å². The summed E-state index contributed by atoms with van der Waals surface area (Å²) in [6.07, 6.45) is -3.10. The van der Waals surface area contributed by atoms with Crippen molar-refractivity contribution in [1.82, 2.24) is 19.5 Å². The van der Waals surface area contributed by atoms with Crippen LogP contribution in [0.3, 0.4) is 0 Å². The first-order valence-corrected chi connectivity index (χ1v) is 12.2. The van der Waals surface area contributed by atoms with Gasteiger partial charge in [-0.1, -0.05) is 12.1 Å². The number of carboxylic acids is 1. The predicted molar refractivity (Wildman–Crippen MR) is 137 cm³/mol. The van der Waals surface area contributed by atoms with Crippen LogP contribution in [0.4, 0.5) is 23.8 Å². The molecule has 14 heteroatoms. The van der Waals surface area contributed by atoms with Crippen LogP contribution in [0.15, 0.2) is 42.6 Å². The van der Waals surface area contributed by atoms with Gasteiger partial charge in [0.15, 0.2) is 11.5 Å². The summed E-state index contributed by atoms with van der Waals surface area (Å²) >= 11 is 0. The summed E-state index contributed by atoms with van der Waals surface area (Å²) in [7, 11) is 0. The average Bonchev–Trinajstić information content (AvgIpc) is 3.47. The number of nitrogen functional groups attached to an aromatic ring is 1. The lowest BCUT2D eigenvalue weighted by Gasteiger charge is -2.28. The number of likely N-dealkylation sites (tertiary alicyclic amines) is 1. The third-order valence-electron chi connectivity index (χ3n) is 6.07. The highest BCUT2D eigenvalue weighted by Gasteiger charge is 2.38. The SMILES string of the molecule is CC(C)(C)OC(=O)N1CCCC1c1nc(-c2ccc(C(=O)Nc3cc(C(F)(F)F)ccn3)cc2)c(C(=O)O)n1N. The Kier molecular flexibility index (Phi) is 7.46. The van der Waals surface area contributed by atoms with Gasteiger partial charge in [-0.25, -0.2) is 24.2 Å². The van der Waals surface area contributed by atoms with Crippen LogP contribution < -0.4 is 11.2 Å². The van der Waals surface area contributed by atoms with Gasteiger partial charge in [0.25, 0.3) is 5.91 Å². The molecule has 0 radical (unpaired) electrons. The van der Waals surface area contributed by atoms with Gasteiger partial charge in [-0.2, -0.15) is 13.2 Å². The van der Waals surface area contributed by atoms with Gasteiger partial charge in [0, 0.05) is 23.9 Å². The Morgan fingerprint density at radius 2 is 1.80 bits per heavy atom. The summed E-state index contributed by atoms with van der Waals surface area (Å²) in [4.78, 5) is 47.2. The molecule has 2 amide bonds. The number of carboxylic acid groups (broad SMARTS) is 1. The number of nitrogens with zero attached hydrogens (tertiary/aromatic N) is 4. The minimum Gasteiger partial charge on any atom is -0.476 e. The normalized spacial score (nSPS) is 15.7. The molecule has 0 saturated carbocycles. The number of alkyl halides is 3. The van der Waals surface area contributed by atoms with Crippen LogP contribution >= 0.6 is 0 Å². The lowest BCUT2D eigenvalue weighted by Crippen LogP contribution is -2.37. The number of imidazole rings is 1. The van der Waals surface area contributed by atoms with Gasteiger partial charge >= 0.3 is 18.2 Å². The molecular weight excluding hydrogens is 533 g/mol. The Bertz CT molecular complexity index is 1450. The van der Waals surface area contributed by atoms with Gasteiger partial charge in [0.2, 0.25) is 0 Å². The summed E-state index contributed by atoms with van der Waals surface area (Å²) in [5.41, 5.74) is -1.60. The smallest absolute Gasteiger partial charge is 0.416 e. The van der Waals surface area contributed by atoms with E-state index in [9.17, 15) is 32.7 Å². The molecule has 2 aromatic heterocycles. The van der Waals surface area contributed by atoms with E-state index in [0.717, 1.165) is 16.9 Å². The number of pyridine rings is 1. The molecule has 1 atom stereocenters. The number of carbonyl (C=O) groups is 3. The van der Waals surface area contributed by atoms with Crippen molar-refractivity contribution in [3.63, 3.8) is 0 Å². The van der Waals surface area contributed by atoms with Crippen LogP contribution in [0.1, 0.15) is 71.9 Å². The fourth-order valence-corrected chi connectivity index (χ4v) is 4.31. The number of rotatable bonds is 5. The molecule has 4 rings (SSSR count). The van der Waals surface area contributed by atoms with Crippen LogP contribution in [-0.2, 0) is 10.9 Å². The lowest BCUT2D eigenvalue weighted by molar-refractivity contribution is -0.137. The highest BCUT2D eigenvalue weighted by molar-refractivity contribution is 6.04. The van der Waals surface area contributed by atoms with Crippen molar-refractivity contribution in [2.75, 3.05) is 17.7 Å². The second-order valence-corrected chi connectivity index (χ2v) is 10.1. The molecule has 0 spiro atoms. The van der Waals surface area contributed by atoms with E-state index in [0.29, 0.717) is 31.0 Å². The van der Waals surface area contributed by atoms with Crippen LogP contribution in [0.2, 0.25) is 0 Å². The van der Waals surface area contributed by atoms with Crippen LogP contribution in [-0.4, -0.2) is 54.8 Å². The molecule has 4 N–H and O–H groups in total. The lowest BCUT2D eigenvalue weighted by atomic mass is 10.1. The second kappa shape index (κ2) is 10.5. The topological polar surface area (TPSA) is 153 Å². The standard InChI is InChI=1S/C26H27F3N6O5/c1-25(2,3)40-24(39)34-12-4-5-17(34)21-33-19(20(23(37)38)35(21)30)14-6-8-15(9-7-14)22(36)32-18-13-16(10-11-31-18)26(27,28)29/h6-11,13,17H,4-5,12,30H2,1-3H3,(H,37,38)(H,31,32,36). The molecule has 0 bridgehead atoms. The van der Waals surface area contributed by atoms with E-state index < -0.39 is 41.4 Å². The number of aromatic nitrogens is 3. The quantitative estimate of drug-likeness (QED) is 0.380. The maximum atomic E-state index is 13.0. The maximum absolute atomic E-state index is 13.0. The first kappa shape index (κ1) is 28.4. The number of halogens is 3. The highest BCUT2D eigenvalue weighted by Crippen LogP contribution is 2.35. The fourth-order valence-electron chi connectivity index (χ4n) is 4.31. The zero-order valence-corrected chi connectivity index (χ0v) is 21.8. The second-order valence-electron chi connectivity index (χ2n) is 10.1. The number of anilines is 1. The van der Waals surface area contributed by atoms with Crippen molar-refractivity contribution >= 4 is 23.8 Å². The zero-order chi connectivity index (χ0) is 29.4. The molecule has 3 heterocycles. The Balaban J connectivity index is 1.60. The first-order chi connectivity index (χ1) is 18.7. The van der Waals surface area contributed by atoms with E-state index in [-0.39, 0.29) is 28.6 Å². The van der Waals surface area contributed by atoms with E-state index in [1.54, 1.807) is 20.8 Å². The third kappa shape index (κ3) is 6.00. The number of ether oxygens (including phenoxy) is 1. The van der Waals surface area contributed by atoms with Gasteiger partial charge < -0.3 is 21.0 Å². The third-order valence-corrected chi connectivity index (χ3v) is 6.07. The van der Waals surface area contributed by atoms with Crippen molar-refractivity contribution in [2.45, 2.75) is 51.4 Å². The van der Waals surface area contributed by atoms with Gasteiger partial charge in [-0.15, -0.1) is 0 Å². The van der Waals surface area contributed by atoms with Crippen LogP contribution in [0.5, 0.6) is 0 Å². The minimum atomic E-state index is -4.60. The minimum absolute atomic E-state index is 0.0209. The Morgan fingerprint density at radius 3 is 2.40 bits per heavy atom. The van der Waals surface area contributed by atoms with E-state index >= 15 is 0 Å². The average molecular weight is 561 g/mol. The number of benzene rings is 1. The Hall–Kier alpha value is -4.62. The molecule has 1 unspecified atom stereocenters. The van der Waals surface area contributed by atoms with Gasteiger partial charge in [0.05, 0.1) is 11.6 Å². The van der Waals surface area contributed by atoms with E-state index in [1.807, 2.05) is 0 Å². The molecule has 40 heavy (non-hydrogen) atoms. The van der Waals surface area contributed by atoms with Crippen molar-refractivity contribution in [1.29, 1.82) is 0 Å². The molecule has 0 aliphatic carbocycles. The number of hydrogen-bond acceptors (Lipinski definition) is 7. The van der Waals surface area contributed by atoms with E-state index in [2.05, 4.69) is 15.3 Å². The summed E-state index contributed by atoms with van der Waals surface area (Å²) in [6, 6.07) is 6.49. The predicted octanol–water partition coefficient (Wildman–Crippen LogP) is 4.70. The number of amides is 2. The first-order valence-electron chi connectivity index (χ1n) is 12.2. The summed E-state index contributed by atoms with van der Waals surface area (Å²) < 4.78 is 45.3. The van der Waals surface area contributed by atoms with Gasteiger partial charge in [0.1, 0.15) is 17.1 Å². The Labute approximate surface area is 226 Å². The largest absolute Gasteiger partial charge is 0.476 e. The molecule has 1 aliphatic heterocycles. The van der Waals surface area contributed by atoms with Crippen molar-refractivity contribution in [3.05, 3.63) is 65.2 Å². The monoisotopic (exact) mass is 560 g/mol. The fraction of sp³-hybridized carbons (Fsp3) is 0.346. The molecule has 3 aromatic rings. The van der Waals surface area contributed by atoms with Crippen LogP contribution in [0, 0.1) is 0 Å². The van der Waals surface area contributed by atoms with E-state index in [4.69, 9.17) is 10.6 Å². The number of carbonyl (C=O) groups excluding carboxylic acids is 2. The van der Waals surface area contributed by atoms with Crippen molar-refractivity contribution < 1.29 is 37.4 Å². The van der Waals surface area contributed by atoms with Crippen molar-refractivity contribution in [2.24, 2.45) is 0 Å². The van der Waals surface area contributed by atoms with Gasteiger partial charge in [-0.05, 0) is 57.9 Å². The summed E-state index contributed by atoms with van der Waals surface area (Å²) in [5, 5.41) is 12.2. The number of aromatic carboxylic acids is 1. The summed E-state index contributed by atoms with van der Waals surface area (Å²) in [6.45, 7) is 5.59. The van der Waals surface area contributed by atoms with Crippen molar-refractivity contribution in [3.8, 4) is 11.3 Å². The number of nitrogens with two attached hydrogens (primary N) is 1. The molecule has 1 aliphatic rings. The molecule has 1 aromatic carbocycles. The number of hydrogen-bond donors (Lipinski definition) is 3. The molecule has 11 nitrogen and oxygen atoms in total. The van der Waals surface area contributed by atoms with Crippen LogP contribution in [0.25, 0.3) is 11.3 Å². The van der Waals surface area contributed by atoms with E-state index in [1.165, 1.54) is 29.2 Å². The zero-order valence-electron chi connectivity index (χ0n) is 21.8. The molecular formula is C26H27F3N6O5. The molecule has 1 fully saturated rings. The number of nitrogens with one attached hydrogen (secondary N) is 1. The summed E-state index contributed by atoms with van der Waals surface area (Å²) in [5.74, 6) is 3.97. The Morgan fingerprint density at radius 1 is 1.12 bits per heavy atom.